The van der Waals surface area contributed by atoms with Crippen LogP contribution in [0.3, 0.4) is 0 Å². The molecule has 2 aromatic rings. The highest BCUT2D eigenvalue weighted by atomic mass is 35.5. The van der Waals surface area contributed by atoms with E-state index < -0.39 is 0 Å². The predicted octanol–water partition coefficient (Wildman–Crippen LogP) is 3.38. The van der Waals surface area contributed by atoms with Gasteiger partial charge in [-0.25, -0.2) is 4.98 Å². The highest BCUT2D eigenvalue weighted by Gasteiger charge is 2.07. The molecular weight excluding hydrogens is 208 g/mol. The molecule has 0 aliphatic rings. The van der Waals surface area contributed by atoms with E-state index in [-0.39, 0.29) is 5.15 Å². The Morgan fingerprint density at radius 3 is 2.73 bits per heavy atom. The molecule has 0 aliphatic carbocycles. The minimum Gasteiger partial charge on any atom is -0.234 e. The Balaban J connectivity index is 2.89. The molecule has 0 spiro atoms. The lowest BCUT2D eigenvalue weighted by Crippen LogP contribution is -1.90. The van der Waals surface area contributed by atoms with Crippen LogP contribution in [0.1, 0.15) is 16.7 Å². The SMILES string of the molecule is Cc1ccc2cc(C#N)c(Cl)nc2c1C. The van der Waals surface area contributed by atoms with Crippen molar-refractivity contribution >= 4 is 22.5 Å². The van der Waals surface area contributed by atoms with E-state index in [2.05, 4.69) is 4.98 Å². The summed E-state index contributed by atoms with van der Waals surface area (Å²) in [6.45, 7) is 4.04. The zero-order chi connectivity index (χ0) is 11.0. The molecule has 1 heterocycles. The molecule has 0 saturated heterocycles. The zero-order valence-corrected chi connectivity index (χ0v) is 9.26. The maximum atomic E-state index is 8.83. The van der Waals surface area contributed by atoms with E-state index in [0.29, 0.717) is 5.56 Å². The van der Waals surface area contributed by atoms with Crippen LogP contribution >= 0.6 is 11.6 Å². The maximum Gasteiger partial charge on any atom is 0.147 e. The summed E-state index contributed by atoms with van der Waals surface area (Å²) >= 11 is 5.89. The first-order valence-electron chi connectivity index (χ1n) is 4.60. The second-order valence-electron chi connectivity index (χ2n) is 3.52. The van der Waals surface area contributed by atoms with Crippen molar-refractivity contribution in [3.05, 3.63) is 40.0 Å². The maximum absolute atomic E-state index is 8.83. The fraction of sp³-hybridized carbons (Fsp3) is 0.167. The van der Waals surface area contributed by atoms with Crippen LogP contribution in [-0.4, -0.2) is 4.98 Å². The van der Waals surface area contributed by atoms with Crippen molar-refractivity contribution in [2.75, 3.05) is 0 Å². The molecule has 1 aromatic carbocycles. The molecule has 0 aliphatic heterocycles. The molecule has 0 saturated carbocycles. The van der Waals surface area contributed by atoms with E-state index in [4.69, 9.17) is 16.9 Å². The van der Waals surface area contributed by atoms with Gasteiger partial charge < -0.3 is 0 Å². The first-order valence-corrected chi connectivity index (χ1v) is 4.98. The highest BCUT2D eigenvalue weighted by molar-refractivity contribution is 6.31. The summed E-state index contributed by atoms with van der Waals surface area (Å²) in [4.78, 5) is 4.25. The second kappa shape index (κ2) is 3.52. The van der Waals surface area contributed by atoms with E-state index in [1.807, 2.05) is 32.0 Å². The van der Waals surface area contributed by atoms with Crippen molar-refractivity contribution in [2.24, 2.45) is 0 Å². The molecule has 74 valence electrons. The summed E-state index contributed by atoms with van der Waals surface area (Å²) in [5, 5.41) is 10.1. The fourth-order valence-electron chi connectivity index (χ4n) is 1.54. The van der Waals surface area contributed by atoms with Crippen molar-refractivity contribution < 1.29 is 0 Å². The topological polar surface area (TPSA) is 36.7 Å². The molecule has 0 radical (unpaired) electrons. The van der Waals surface area contributed by atoms with Gasteiger partial charge in [0.2, 0.25) is 0 Å². The number of nitriles is 1. The van der Waals surface area contributed by atoms with Gasteiger partial charge in [-0.1, -0.05) is 23.7 Å². The molecule has 0 amide bonds. The van der Waals surface area contributed by atoms with Crippen LogP contribution < -0.4 is 0 Å². The number of nitrogens with zero attached hydrogens (tertiary/aromatic N) is 2. The van der Waals surface area contributed by atoms with Crippen LogP contribution in [0.5, 0.6) is 0 Å². The smallest absolute Gasteiger partial charge is 0.147 e. The van der Waals surface area contributed by atoms with E-state index >= 15 is 0 Å². The van der Waals surface area contributed by atoms with Crippen LogP contribution in [0.2, 0.25) is 5.15 Å². The van der Waals surface area contributed by atoms with Gasteiger partial charge in [0.05, 0.1) is 11.1 Å². The molecule has 2 nitrogen and oxygen atoms in total. The third-order valence-corrected chi connectivity index (χ3v) is 2.87. The Morgan fingerprint density at radius 1 is 1.33 bits per heavy atom. The summed E-state index contributed by atoms with van der Waals surface area (Å²) in [6.07, 6.45) is 0. The Labute approximate surface area is 93.1 Å². The van der Waals surface area contributed by atoms with Crippen molar-refractivity contribution in [2.45, 2.75) is 13.8 Å². The van der Waals surface area contributed by atoms with Gasteiger partial charge in [0.1, 0.15) is 11.2 Å². The number of pyridine rings is 1. The highest BCUT2D eigenvalue weighted by Crippen LogP contribution is 2.24. The molecular formula is C12H9ClN2. The van der Waals surface area contributed by atoms with Crippen LogP contribution in [0.25, 0.3) is 10.9 Å². The Bertz CT molecular complexity index is 582. The number of fused-ring (bicyclic) bond motifs is 1. The Hall–Kier alpha value is -1.59. The Morgan fingerprint density at radius 2 is 2.07 bits per heavy atom. The zero-order valence-electron chi connectivity index (χ0n) is 8.50. The molecule has 0 N–H and O–H groups in total. The van der Waals surface area contributed by atoms with Gasteiger partial charge in [0.15, 0.2) is 0 Å². The lowest BCUT2D eigenvalue weighted by molar-refractivity contribution is 1.30. The Kier molecular flexibility index (Phi) is 2.34. The first-order chi connectivity index (χ1) is 7.13. The molecule has 0 fully saturated rings. The van der Waals surface area contributed by atoms with Crippen LogP contribution in [0, 0.1) is 25.2 Å². The van der Waals surface area contributed by atoms with Gasteiger partial charge in [-0.15, -0.1) is 0 Å². The van der Waals surface area contributed by atoms with Crippen molar-refractivity contribution in [3.8, 4) is 6.07 Å². The molecule has 2 rings (SSSR count). The fourth-order valence-corrected chi connectivity index (χ4v) is 1.72. The molecule has 0 unspecified atom stereocenters. The van der Waals surface area contributed by atoms with Crippen LogP contribution in [-0.2, 0) is 0 Å². The average Bonchev–Trinajstić information content (AvgIpc) is 2.24. The largest absolute Gasteiger partial charge is 0.234 e. The lowest BCUT2D eigenvalue weighted by Gasteiger charge is -2.05. The molecule has 0 atom stereocenters. The standard InChI is InChI=1S/C12H9ClN2/c1-7-3-4-9-5-10(6-14)12(13)15-11(9)8(7)2/h3-5H,1-2H3. The quantitative estimate of drug-likeness (QED) is 0.633. The number of hydrogen-bond donors (Lipinski definition) is 0. The van der Waals surface area contributed by atoms with Crippen molar-refractivity contribution in [1.82, 2.24) is 4.98 Å². The molecule has 3 heteroatoms. The minimum atomic E-state index is 0.277. The minimum absolute atomic E-state index is 0.277. The third kappa shape index (κ3) is 1.55. The summed E-state index contributed by atoms with van der Waals surface area (Å²) in [5.41, 5.74) is 3.58. The van der Waals surface area contributed by atoms with E-state index in [1.165, 1.54) is 5.56 Å². The van der Waals surface area contributed by atoms with Crippen LogP contribution in [0.15, 0.2) is 18.2 Å². The van der Waals surface area contributed by atoms with E-state index in [0.717, 1.165) is 16.5 Å². The number of halogens is 1. The summed E-state index contributed by atoms with van der Waals surface area (Å²) < 4.78 is 0. The number of aryl methyl sites for hydroxylation is 2. The van der Waals surface area contributed by atoms with Gasteiger partial charge in [-0.05, 0) is 31.0 Å². The molecule has 0 bridgehead atoms. The summed E-state index contributed by atoms with van der Waals surface area (Å²) in [5.74, 6) is 0. The number of hydrogen-bond acceptors (Lipinski definition) is 2. The number of rotatable bonds is 0. The van der Waals surface area contributed by atoms with Gasteiger partial charge >= 0.3 is 0 Å². The summed E-state index contributed by atoms with van der Waals surface area (Å²) in [7, 11) is 0. The van der Waals surface area contributed by atoms with Crippen LogP contribution in [0.4, 0.5) is 0 Å². The average molecular weight is 217 g/mol. The van der Waals surface area contributed by atoms with Gasteiger partial charge in [-0.2, -0.15) is 5.26 Å². The number of benzene rings is 1. The monoisotopic (exact) mass is 216 g/mol. The first kappa shape index (κ1) is 9.95. The second-order valence-corrected chi connectivity index (χ2v) is 3.88. The van der Waals surface area contributed by atoms with E-state index in [1.54, 1.807) is 6.07 Å². The van der Waals surface area contributed by atoms with Crippen molar-refractivity contribution in [1.29, 1.82) is 5.26 Å². The van der Waals surface area contributed by atoms with Gasteiger partial charge in [-0.3, -0.25) is 0 Å². The normalized spacial score (nSPS) is 10.3. The summed E-state index contributed by atoms with van der Waals surface area (Å²) in [6, 6.07) is 7.78. The molecule has 1 aromatic heterocycles. The van der Waals surface area contributed by atoms with Gasteiger partial charge in [0.25, 0.3) is 0 Å². The van der Waals surface area contributed by atoms with Crippen molar-refractivity contribution in [3.63, 3.8) is 0 Å². The lowest BCUT2D eigenvalue weighted by atomic mass is 10.0. The van der Waals surface area contributed by atoms with E-state index in [9.17, 15) is 0 Å². The molecule has 15 heavy (non-hydrogen) atoms. The van der Waals surface area contributed by atoms with Gasteiger partial charge in [0, 0.05) is 5.39 Å². The third-order valence-electron chi connectivity index (χ3n) is 2.59. The predicted molar refractivity (Wildman–Crippen MR) is 60.9 cm³/mol. The number of aromatic nitrogens is 1.